The Morgan fingerprint density at radius 3 is 3.00 bits per heavy atom. The Morgan fingerprint density at radius 1 is 1.35 bits per heavy atom. The van der Waals surface area contributed by atoms with E-state index in [2.05, 4.69) is 15.3 Å². The van der Waals surface area contributed by atoms with Gasteiger partial charge in [0.1, 0.15) is 5.82 Å². The predicted molar refractivity (Wildman–Crippen MR) is 94.9 cm³/mol. The van der Waals surface area contributed by atoms with E-state index in [-0.39, 0.29) is 17.4 Å². The van der Waals surface area contributed by atoms with Crippen LogP contribution in [0, 0.1) is 10.6 Å². The van der Waals surface area contributed by atoms with Crippen molar-refractivity contribution in [2.75, 3.05) is 13.9 Å². The summed E-state index contributed by atoms with van der Waals surface area (Å²) < 4.78 is 31.7. The lowest BCUT2D eigenvalue weighted by molar-refractivity contribution is 0.171. The number of methoxy groups -OCH3 is 1. The molecule has 2 aromatic carbocycles. The second kappa shape index (κ2) is 6.60. The molecule has 0 atom stereocenters. The van der Waals surface area contributed by atoms with Crippen LogP contribution in [0.5, 0.6) is 17.2 Å². The third-order valence-corrected chi connectivity index (χ3v) is 4.03. The maximum atomic E-state index is 14.1. The number of aromatic nitrogens is 3. The summed E-state index contributed by atoms with van der Waals surface area (Å²) in [6.07, 6.45) is 1.56. The van der Waals surface area contributed by atoms with Crippen molar-refractivity contribution < 1.29 is 18.6 Å². The second-order valence-electron chi connectivity index (χ2n) is 5.35. The molecule has 7 nitrogen and oxygen atoms in total. The second-order valence-corrected chi connectivity index (χ2v) is 5.73. The van der Waals surface area contributed by atoms with Crippen molar-refractivity contribution in [1.82, 2.24) is 14.9 Å². The van der Waals surface area contributed by atoms with Crippen LogP contribution in [0.1, 0.15) is 5.56 Å². The molecule has 0 spiro atoms. The third kappa shape index (κ3) is 2.82. The average molecular weight is 372 g/mol. The van der Waals surface area contributed by atoms with Crippen molar-refractivity contribution in [3.05, 3.63) is 52.5 Å². The van der Waals surface area contributed by atoms with Crippen molar-refractivity contribution in [3.63, 3.8) is 0 Å². The maximum Gasteiger partial charge on any atom is 0.231 e. The normalized spacial score (nSPS) is 12.7. The lowest BCUT2D eigenvalue weighted by Crippen LogP contribution is -1.97. The number of H-pyrrole nitrogens is 1. The molecule has 0 fully saturated rings. The number of nitrogens with zero attached hydrogens (tertiary/aromatic N) is 3. The monoisotopic (exact) mass is 372 g/mol. The van der Waals surface area contributed by atoms with Crippen LogP contribution in [0.25, 0.3) is 11.4 Å². The zero-order chi connectivity index (χ0) is 18.1. The molecule has 0 radical (unpaired) electrons. The highest BCUT2D eigenvalue weighted by molar-refractivity contribution is 7.71. The summed E-state index contributed by atoms with van der Waals surface area (Å²) >= 11 is 5.20. The van der Waals surface area contributed by atoms with E-state index in [1.807, 2.05) is 0 Å². The Kier molecular flexibility index (Phi) is 4.13. The number of hydrogen-bond acceptors (Lipinski definition) is 6. The van der Waals surface area contributed by atoms with Gasteiger partial charge in [-0.15, -0.1) is 0 Å². The topological polar surface area (TPSA) is 73.7 Å². The maximum absolute atomic E-state index is 14.1. The van der Waals surface area contributed by atoms with Crippen molar-refractivity contribution in [3.8, 4) is 28.6 Å². The molecule has 0 saturated heterocycles. The first kappa shape index (κ1) is 16.3. The lowest BCUT2D eigenvalue weighted by Gasteiger charge is -2.06. The standard InChI is InChI=1S/C17H13FN4O3S/c1-23-13-6-10(7-14-15(13)25-9-24-14)8-19-22-16(20-21-17(22)26)11-4-2-3-5-12(11)18/h2-8H,9H2,1H3,(H,21,26)/b19-8-. The molecule has 2 heterocycles. The van der Waals surface area contributed by atoms with E-state index in [1.165, 1.54) is 10.7 Å². The van der Waals surface area contributed by atoms with Gasteiger partial charge in [0, 0.05) is 5.56 Å². The molecule has 1 N–H and O–H groups in total. The molecular weight excluding hydrogens is 359 g/mol. The Labute approximate surface area is 152 Å². The quantitative estimate of drug-likeness (QED) is 0.562. The van der Waals surface area contributed by atoms with E-state index in [9.17, 15) is 4.39 Å². The number of halogens is 1. The fraction of sp³-hybridized carbons (Fsp3) is 0.118. The first-order valence-corrected chi connectivity index (χ1v) is 8.02. The molecule has 26 heavy (non-hydrogen) atoms. The SMILES string of the molecule is COc1cc(/C=N\n2c(-c3ccccc3F)n[nH]c2=S)cc2c1OCO2. The fourth-order valence-corrected chi connectivity index (χ4v) is 2.74. The van der Waals surface area contributed by atoms with Gasteiger partial charge in [0.15, 0.2) is 17.3 Å². The van der Waals surface area contributed by atoms with Crippen molar-refractivity contribution >= 4 is 18.4 Å². The molecule has 0 aliphatic carbocycles. The highest BCUT2D eigenvalue weighted by Crippen LogP contribution is 2.41. The van der Waals surface area contributed by atoms with Gasteiger partial charge in [0.05, 0.1) is 18.9 Å². The highest BCUT2D eigenvalue weighted by Gasteiger charge is 2.19. The van der Waals surface area contributed by atoms with E-state index in [4.69, 9.17) is 26.4 Å². The molecule has 0 saturated carbocycles. The van der Waals surface area contributed by atoms with Gasteiger partial charge in [-0.05, 0) is 36.5 Å². The van der Waals surface area contributed by atoms with E-state index in [1.54, 1.807) is 43.7 Å². The van der Waals surface area contributed by atoms with Crippen LogP contribution in [-0.2, 0) is 0 Å². The third-order valence-electron chi connectivity index (χ3n) is 3.77. The summed E-state index contributed by atoms with van der Waals surface area (Å²) in [5.74, 6) is 1.51. The summed E-state index contributed by atoms with van der Waals surface area (Å²) in [7, 11) is 1.54. The van der Waals surface area contributed by atoms with E-state index >= 15 is 0 Å². The minimum absolute atomic E-state index is 0.135. The zero-order valence-corrected chi connectivity index (χ0v) is 14.4. The van der Waals surface area contributed by atoms with Gasteiger partial charge in [-0.3, -0.25) is 0 Å². The average Bonchev–Trinajstić information content (AvgIpc) is 3.26. The number of aromatic amines is 1. The Bertz CT molecular complexity index is 1060. The Hall–Kier alpha value is -3.20. The Balaban J connectivity index is 1.74. The summed E-state index contributed by atoms with van der Waals surface area (Å²) in [6.45, 7) is 0.135. The zero-order valence-electron chi connectivity index (χ0n) is 13.6. The van der Waals surface area contributed by atoms with Crippen molar-refractivity contribution in [2.24, 2.45) is 5.10 Å². The molecule has 0 unspecified atom stereocenters. The summed E-state index contributed by atoms with van der Waals surface area (Å²) in [6, 6.07) is 9.80. The van der Waals surface area contributed by atoms with Crippen LogP contribution in [0.3, 0.4) is 0 Å². The predicted octanol–water partition coefficient (Wildman–Crippen LogP) is 3.37. The van der Waals surface area contributed by atoms with Gasteiger partial charge in [-0.2, -0.15) is 14.9 Å². The van der Waals surface area contributed by atoms with Crippen LogP contribution >= 0.6 is 12.2 Å². The minimum Gasteiger partial charge on any atom is -0.493 e. The number of ether oxygens (including phenoxy) is 3. The molecule has 9 heteroatoms. The molecule has 4 rings (SSSR count). The largest absolute Gasteiger partial charge is 0.493 e. The van der Waals surface area contributed by atoms with Crippen LogP contribution in [0.4, 0.5) is 4.39 Å². The Morgan fingerprint density at radius 2 is 2.19 bits per heavy atom. The van der Waals surface area contributed by atoms with Crippen LogP contribution < -0.4 is 14.2 Å². The van der Waals surface area contributed by atoms with Gasteiger partial charge in [-0.1, -0.05) is 12.1 Å². The molecule has 0 bridgehead atoms. The summed E-state index contributed by atoms with van der Waals surface area (Å²) in [5, 5.41) is 11.0. The van der Waals surface area contributed by atoms with Crippen LogP contribution in [0.2, 0.25) is 0 Å². The number of nitrogens with one attached hydrogen (secondary N) is 1. The summed E-state index contributed by atoms with van der Waals surface area (Å²) in [5.41, 5.74) is 0.994. The molecule has 0 amide bonds. The van der Waals surface area contributed by atoms with Gasteiger partial charge in [-0.25, -0.2) is 9.49 Å². The highest BCUT2D eigenvalue weighted by atomic mass is 32.1. The molecule has 1 aromatic heterocycles. The van der Waals surface area contributed by atoms with Crippen LogP contribution in [0.15, 0.2) is 41.5 Å². The molecule has 1 aliphatic rings. The number of rotatable bonds is 4. The van der Waals surface area contributed by atoms with E-state index < -0.39 is 5.82 Å². The van der Waals surface area contributed by atoms with E-state index in [0.29, 0.717) is 28.4 Å². The first-order chi connectivity index (χ1) is 12.7. The smallest absolute Gasteiger partial charge is 0.231 e. The summed E-state index contributed by atoms with van der Waals surface area (Å²) in [4.78, 5) is 0. The van der Waals surface area contributed by atoms with Gasteiger partial charge in [0.2, 0.25) is 17.3 Å². The molecular formula is C17H13FN4O3S. The van der Waals surface area contributed by atoms with Gasteiger partial charge >= 0.3 is 0 Å². The number of hydrogen-bond donors (Lipinski definition) is 1. The van der Waals surface area contributed by atoms with Crippen molar-refractivity contribution in [1.29, 1.82) is 0 Å². The van der Waals surface area contributed by atoms with Crippen LogP contribution in [-0.4, -0.2) is 35.0 Å². The van der Waals surface area contributed by atoms with E-state index in [0.717, 1.165) is 0 Å². The molecule has 132 valence electrons. The van der Waals surface area contributed by atoms with Gasteiger partial charge < -0.3 is 14.2 Å². The number of benzene rings is 2. The van der Waals surface area contributed by atoms with Crippen molar-refractivity contribution in [2.45, 2.75) is 0 Å². The fourth-order valence-electron chi connectivity index (χ4n) is 2.56. The molecule has 3 aromatic rings. The van der Waals surface area contributed by atoms with Gasteiger partial charge in [0.25, 0.3) is 0 Å². The molecule has 1 aliphatic heterocycles. The number of fused-ring (bicyclic) bond motifs is 1. The minimum atomic E-state index is -0.414. The lowest BCUT2D eigenvalue weighted by atomic mass is 10.2. The first-order valence-electron chi connectivity index (χ1n) is 7.61.